The Kier molecular flexibility index (Phi) is 4.05. The first-order chi connectivity index (χ1) is 8.70. The Morgan fingerprint density at radius 3 is 2.61 bits per heavy atom. The fraction of sp³-hybridized carbons (Fsp3) is 0.267. The highest BCUT2D eigenvalue weighted by Gasteiger charge is 2.11. The van der Waals surface area contributed by atoms with Gasteiger partial charge in [0.15, 0.2) is 0 Å². The highest BCUT2D eigenvalue weighted by atomic mass is 19.1. The second-order valence-electron chi connectivity index (χ2n) is 4.34. The first-order valence-electron chi connectivity index (χ1n) is 6.14. The fourth-order valence-corrected chi connectivity index (χ4v) is 1.90. The van der Waals surface area contributed by atoms with Crippen LogP contribution in [0.15, 0.2) is 42.6 Å². The standard InChI is InChI=1S/C15H17FN2/c1-2-11-7-8-12(18-10-11)9-15(17)13-5-3-4-6-14(13)16/h3-8,10,15H,2,9,17H2,1H3. The Hall–Kier alpha value is -1.74. The molecular formula is C15H17FN2. The van der Waals surface area contributed by atoms with Crippen LogP contribution in [0.3, 0.4) is 0 Å². The summed E-state index contributed by atoms with van der Waals surface area (Å²) in [6.45, 7) is 2.09. The van der Waals surface area contributed by atoms with Gasteiger partial charge in [0.1, 0.15) is 5.82 Å². The van der Waals surface area contributed by atoms with Crippen LogP contribution in [0.25, 0.3) is 0 Å². The first-order valence-corrected chi connectivity index (χ1v) is 6.14. The van der Waals surface area contributed by atoms with Gasteiger partial charge in [-0.25, -0.2) is 4.39 Å². The molecule has 0 saturated heterocycles. The Labute approximate surface area is 107 Å². The molecule has 0 radical (unpaired) electrons. The number of benzene rings is 1. The van der Waals surface area contributed by atoms with E-state index in [-0.39, 0.29) is 11.9 Å². The van der Waals surface area contributed by atoms with Crippen molar-refractivity contribution in [1.29, 1.82) is 0 Å². The predicted octanol–water partition coefficient (Wildman–Crippen LogP) is 3.03. The van der Waals surface area contributed by atoms with Gasteiger partial charge < -0.3 is 5.73 Å². The zero-order valence-corrected chi connectivity index (χ0v) is 10.4. The molecule has 1 heterocycles. The summed E-state index contributed by atoms with van der Waals surface area (Å²) in [5.41, 5.74) is 8.64. The Morgan fingerprint density at radius 2 is 2.00 bits per heavy atom. The quantitative estimate of drug-likeness (QED) is 0.897. The summed E-state index contributed by atoms with van der Waals surface area (Å²) in [4.78, 5) is 4.34. The molecule has 0 fully saturated rings. The molecule has 1 aromatic heterocycles. The molecule has 1 atom stereocenters. The van der Waals surface area contributed by atoms with Gasteiger partial charge in [0.2, 0.25) is 0 Å². The van der Waals surface area contributed by atoms with E-state index in [1.54, 1.807) is 18.2 Å². The van der Waals surface area contributed by atoms with Gasteiger partial charge in [-0.05, 0) is 24.1 Å². The lowest BCUT2D eigenvalue weighted by molar-refractivity contribution is 0.578. The van der Waals surface area contributed by atoms with Crippen LogP contribution in [-0.2, 0) is 12.8 Å². The summed E-state index contributed by atoms with van der Waals surface area (Å²) in [6.07, 6.45) is 3.36. The maximum Gasteiger partial charge on any atom is 0.127 e. The Morgan fingerprint density at radius 1 is 1.22 bits per heavy atom. The largest absolute Gasteiger partial charge is 0.324 e. The number of nitrogens with two attached hydrogens (primary N) is 1. The van der Waals surface area contributed by atoms with E-state index in [4.69, 9.17) is 5.73 Å². The molecule has 2 nitrogen and oxygen atoms in total. The average Bonchev–Trinajstić information content (AvgIpc) is 2.40. The third kappa shape index (κ3) is 2.93. The monoisotopic (exact) mass is 244 g/mol. The highest BCUT2D eigenvalue weighted by Crippen LogP contribution is 2.18. The number of hydrogen-bond acceptors (Lipinski definition) is 2. The molecule has 0 aliphatic carbocycles. The summed E-state index contributed by atoms with van der Waals surface area (Å²) < 4.78 is 13.6. The van der Waals surface area contributed by atoms with Gasteiger partial charge in [0.25, 0.3) is 0 Å². The van der Waals surface area contributed by atoms with E-state index in [1.165, 1.54) is 11.6 Å². The Bertz CT molecular complexity index is 508. The zero-order chi connectivity index (χ0) is 13.0. The molecule has 2 aromatic rings. The SMILES string of the molecule is CCc1ccc(CC(N)c2ccccc2F)nc1. The van der Waals surface area contributed by atoms with Crippen molar-refractivity contribution >= 4 is 0 Å². The summed E-state index contributed by atoms with van der Waals surface area (Å²) in [5.74, 6) is -0.254. The lowest BCUT2D eigenvalue weighted by atomic mass is 10.0. The lowest BCUT2D eigenvalue weighted by Crippen LogP contribution is -2.15. The predicted molar refractivity (Wildman–Crippen MR) is 70.6 cm³/mol. The molecule has 2 N–H and O–H groups in total. The van der Waals surface area contributed by atoms with Crippen molar-refractivity contribution in [3.8, 4) is 0 Å². The van der Waals surface area contributed by atoms with Crippen LogP contribution >= 0.6 is 0 Å². The normalized spacial score (nSPS) is 12.4. The van der Waals surface area contributed by atoms with Crippen molar-refractivity contribution in [3.63, 3.8) is 0 Å². The van der Waals surface area contributed by atoms with Crippen LogP contribution in [0.5, 0.6) is 0 Å². The van der Waals surface area contributed by atoms with E-state index < -0.39 is 0 Å². The topological polar surface area (TPSA) is 38.9 Å². The molecule has 0 spiro atoms. The van der Waals surface area contributed by atoms with Crippen molar-refractivity contribution in [3.05, 3.63) is 65.2 Å². The van der Waals surface area contributed by atoms with Crippen molar-refractivity contribution in [1.82, 2.24) is 4.98 Å². The molecule has 0 aliphatic rings. The van der Waals surface area contributed by atoms with Crippen LogP contribution in [0, 0.1) is 5.82 Å². The summed E-state index contributed by atoms with van der Waals surface area (Å²) in [7, 11) is 0. The molecule has 0 aliphatic heterocycles. The molecule has 0 saturated carbocycles. The van der Waals surface area contributed by atoms with Crippen LogP contribution in [0.2, 0.25) is 0 Å². The molecule has 2 rings (SSSR count). The molecular weight excluding hydrogens is 227 g/mol. The number of pyridine rings is 1. The lowest BCUT2D eigenvalue weighted by Gasteiger charge is -2.12. The Balaban J connectivity index is 2.11. The van der Waals surface area contributed by atoms with Gasteiger partial charge in [0, 0.05) is 29.9 Å². The minimum absolute atomic E-state index is 0.254. The summed E-state index contributed by atoms with van der Waals surface area (Å²) in [5, 5.41) is 0. The number of nitrogens with zero attached hydrogens (tertiary/aromatic N) is 1. The molecule has 0 amide bonds. The number of rotatable bonds is 4. The summed E-state index contributed by atoms with van der Waals surface area (Å²) >= 11 is 0. The van der Waals surface area contributed by atoms with Crippen molar-refractivity contribution in [2.45, 2.75) is 25.8 Å². The molecule has 1 unspecified atom stereocenters. The molecule has 94 valence electrons. The molecule has 3 heteroatoms. The third-order valence-corrected chi connectivity index (χ3v) is 3.03. The highest BCUT2D eigenvalue weighted by molar-refractivity contribution is 5.23. The minimum Gasteiger partial charge on any atom is -0.324 e. The number of hydrogen-bond donors (Lipinski definition) is 1. The van der Waals surface area contributed by atoms with E-state index in [0.29, 0.717) is 12.0 Å². The van der Waals surface area contributed by atoms with Gasteiger partial charge in [-0.3, -0.25) is 4.98 Å². The van der Waals surface area contributed by atoms with Crippen LogP contribution in [0.4, 0.5) is 4.39 Å². The van der Waals surface area contributed by atoms with Gasteiger partial charge in [-0.1, -0.05) is 31.2 Å². The molecule has 18 heavy (non-hydrogen) atoms. The second-order valence-corrected chi connectivity index (χ2v) is 4.34. The van der Waals surface area contributed by atoms with Gasteiger partial charge in [-0.15, -0.1) is 0 Å². The number of aryl methyl sites for hydroxylation is 1. The third-order valence-electron chi connectivity index (χ3n) is 3.03. The van der Waals surface area contributed by atoms with Gasteiger partial charge in [-0.2, -0.15) is 0 Å². The van der Waals surface area contributed by atoms with E-state index in [0.717, 1.165) is 12.1 Å². The number of aromatic nitrogens is 1. The van der Waals surface area contributed by atoms with Crippen molar-refractivity contribution < 1.29 is 4.39 Å². The minimum atomic E-state index is -0.355. The average molecular weight is 244 g/mol. The van der Waals surface area contributed by atoms with E-state index in [1.807, 2.05) is 18.3 Å². The van der Waals surface area contributed by atoms with Gasteiger partial charge >= 0.3 is 0 Å². The summed E-state index contributed by atoms with van der Waals surface area (Å²) in [6, 6.07) is 10.3. The zero-order valence-electron chi connectivity index (χ0n) is 10.4. The van der Waals surface area contributed by atoms with Gasteiger partial charge in [0.05, 0.1) is 0 Å². The van der Waals surface area contributed by atoms with E-state index in [2.05, 4.69) is 11.9 Å². The maximum absolute atomic E-state index is 13.6. The first kappa shape index (κ1) is 12.7. The van der Waals surface area contributed by atoms with E-state index >= 15 is 0 Å². The molecule has 0 bridgehead atoms. The molecule has 1 aromatic carbocycles. The van der Waals surface area contributed by atoms with Crippen LogP contribution in [-0.4, -0.2) is 4.98 Å². The van der Waals surface area contributed by atoms with E-state index in [9.17, 15) is 4.39 Å². The number of halogens is 1. The second kappa shape index (κ2) is 5.74. The van der Waals surface area contributed by atoms with Crippen LogP contribution in [0.1, 0.15) is 29.8 Å². The smallest absolute Gasteiger partial charge is 0.127 e. The fourth-order valence-electron chi connectivity index (χ4n) is 1.90. The maximum atomic E-state index is 13.6. The van der Waals surface area contributed by atoms with Crippen molar-refractivity contribution in [2.24, 2.45) is 5.73 Å². The van der Waals surface area contributed by atoms with Crippen LogP contribution < -0.4 is 5.73 Å². The van der Waals surface area contributed by atoms with Crippen molar-refractivity contribution in [2.75, 3.05) is 0 Å².